The smallest absolute Gasteiger partial charge is 0.264 e. The van der Waals surface area contributed by atoms with Crippen LogP contribution in [0.3, 0.4) is 0 Å². The zero-order chi connectivity index (χ0) is 27.3. The van der Waals surface area contributed by atoms with Crippen molar-refractivity contribution in [3.8, 4) is 11.5 Å². The molecule has 2 heterocycles. The number of rotatable bonds is 7. The molecule has 0 aliphatic carbocycles. The number of unbranched alkanes of at least 4 members (excludes halogenated alkanes) is 1. The molecular weight excluding hydrogens is 522 g/mol. The summed E-state index contributed by atoms with van der Waals surface area (Å²) in [6, 6.07) is 18.0. The van der Waals surface area contributed by atoms with E-state index in [-0.39, 0.29) is 5.75 Å². The molecule has 1 N–H and O–H groups in total. The summed E-state index contributed by atoms with van der Waals surface area (Å²) in [5, 5.41) is 1.09. The molecule has 39 heavy (non-hydrogen) atoms. The summed E-state index contributed by atoms with van der Waals surface area (Å²) in [6.07, 6.45) is 5.03. The molecular formula is C29H36NO8S+. The van der Waals surface area contributed by atoms with E-state index in [4.69, 9.17) is 28.2 Å². The van der Waals surface area contributed by atoms with E-state index in [1.807, 2.05) is 60.7 Å². The predicted molar refractivity (Wildman–Crippen MR) is 149 cm³/mol. The van der Waals surface area contributed by atoms with Crippen LogP contribution in [0.15, 0.2) is 54.6 Å². The Bertz CT molecular complexity index is 1340. The zero-order valence-electron chi connectivity index (χ0n) is 22.0. The first kappa shape index (κ1) is 29.0. The number of nitrogens with zero attached hydrogens (tertiary/aromatic N) is 1. The number of fused-ring (bicyclic) bond motifs is 2. The Morgan fingerprint density at radius 3 is 2.13 bits per heavy atom. The van der Waals surface area contributed by atoms with Crippen molar-refractivity contribution in [2.75, 3.05) is 58.6 Å². The SMILES string of the molecule is O=S(=O)(O)CCCC[n+]1c(/C=C/c2ccc3c(c2)OCCOCCOCCOCCO3)ccc2ccccc21. The Morgan fingerprint density at radius 2 is 1.41 bits per heavy atom. The molecule has 0 amide bonds. The average Bonchev–Trinajstić information content (AvgIpc) is 2.93. The molecule has 1 aliphatic heterocycles. The maximum atomic E-state index is 11.1. The molecule has 3 aromatic rings. The van der Waals surface area contributed by atoms with Gasteiger partial charge >= 0.3 is 0 Å². The number of ether oxygens (including phenoxy) is 5. The monoisotopic (exact) mass is 558 g/mol. The number of hydrogen-bond acceptors (Lipinski definition) is 7. The molecule has 0 saturated carbocycles. The van der Waals surface area contributed by atoms with E-state index < -0.39 is 10.1 Å². The average molecular weight is 559 g/mol. The standard InChI is InChI=1S/C29H35NO8S/c31-39(32,33)22-4-3-13-30-26(11-9-25-5-1-2-6-27(25)30)10-7-24-8-12-28-29(23-24)38-21-19-36-17-15-34-14-16-35-18-20-37-28/h1-2,5-12,23H,3-4,13-22H2/p+1/b10-7+. The summed E-state index contributed by atoms with van der Waals surface area (Å²) in [5.74, 6) is 1.02. The summed E-state index contributed by atoms with van der Waals surface area (Å²) in [7, 11) is -3.97. The first-order chi connectivity index (χ1) is 19.0. The third-order valence-electron chi connectivity index (χ3n) is 6.14. The minimum absolute atomic E-state index is 0.244. The number of benzene rings is 2. The fourth-order valence-electron chi connectivity index (χ4n) is 4.23. The van der Waals surface area contributed by atoms with Crippen LogP contribution in [0.5, 0.6) is 11.5 Å². The van der Waals surface area contributed by atoms with E-state index in [2.05, 4.69) is 10.6 Å². The maximum Gasteiger partial charge on any atom is 0.264 e. The van der Waals surface area contributed by atoms with Crippen molar-refractivity contribution in [3.63, 3.8) is 0 Å². The van der Waals surface area contributed by atoms with Crippen LogP contribution in [0.4, 0.5) is 0 Å². The van der Waals surface area contributed by atoms with Crippen molar-refractivity contribution in [1.29, 1.82) is 0 Å². The highest BCUT2D eigenvalue weighted by molar-refractivity contribution is 7.85. The van der Waals surface area contributed by atoms with Crippen molar-refractivity contribution in [1.82, 2.24) is 0 Å². The van der Waals surface area contributed by atoms with Gasteiger partial charge in [0.2, 0.25) is 11.2 Å². The highest BCUT2D eigenvalue weighted by Crippen LogP contribution is 2.29. The van der Waals surface area contributed by atoms with E-state index in [1.54, 1.807) is 0 Å². The van der Waals surface area contributed by atoms with Crippen molar-refractivity contribution >= 4 is 33.2 Å². The Balaban J connectivity index is 1.52. The first-order valence-corrected chi connectivity index (χ1v) is 14.8. The van der Waals surface area contributed by atoms with Crippen LogP contribution in [-0.4, -0.2) is 71.6 Å². The molecule has 1 aromatic heterocycles. The van der Waals surface area contributed by atoms with Crippen molar-refractivity contribution < 1.29 is 41.2 Å². The molecule has 0 saturated heterocycles. The van der Waals surface area contributed by atoms with E-state index in [0.717, 1.165) is 22.2 Å². The molecule has 9 nitrogen and oxygen atoms in total. The third kappa shape index (κ3) is 9.59. The number of para-hydroxylation sites is 1. The Hall–Kier alpha value is -3.02. The van der Waals surface area contributed by atoms with Gasteiger partial charge < -0.3 is 23.7 Å². The second-order valence-corrected chi connectivity index (χ2v) is 10.6. The van der Waals surface area contributed by atoms with Crippen LogP contribution in [0.1, 0.15) is 24.1 Å². The maximum absolute atomic E-state index is 11.1. The van der Waals surface area contributed by atoms with Gasteiger partial charge in [0.25, 0.3) is 10.1 Å². The summed E-state index contributed by atoms with van der Waals surface area (Å²) in [4.78, 5) is 0. The Kier molecular flexibility index (Phi) is 11.1. The summed E-state index contributed by atoms with van der Waals surface area (Å²) in [5.41, 5.74) is 2.96. The lowest BCUT2D eigenvalue weighted by atomic mass is 10.1. The normalized spacial score (nSPS) is 16.1. The van der Waals surface area contributed by atoms with Gasteiger partial charge in [-0.25, -0.2) is 0 Å². The topological polar surface area (TPSA) is 104 Å². The van der Waals surface area contributed by atoms with E-state index in [1.165, 1.54) is 0 Å². The van der Waals surface area contributed by atoms with Gasteiger partial charge in [0.15, 0.2) is 11.5 Å². The summed E-state index contributed by atoms with van der Waals surface area (Å²) in [6.45, 7) is 4.33. The largest absolute Gasteiger partial charge is 0.487 e. The van der Waals surface area contributed by atoms with Crippen molar-refractivity contribution in [3.05, 3.63) is 65.9 Å². The number of aryl methyl sites for hydroxylation is 1. The van der Waals surface area contributed by atoms with Crippen molar-refractivity contribution in [2.45, 2.75) is 19.4 Å². The van der Waals surface area contributed by atoms with Gasteiger partial charge in [-0.15, -0.1) is 0 Å². The van der Waals surface area contributed by atoms with Crippen LogP contribution in [0.25, 0.3) is 23.1 Å². The second kappa shape index (κ2) is 14.9. The lowest BCUT2D eigenvalue weighted by molar-refractivity contribution is -0.673. The lowest BCUT2D eigenvalue weighted by Crippen LogP contribution is -2.38. The molecule has 4 rings (SSSR count). The highest BCUT2D eigenvalue weighted by Gasteiger charge is 2.15. The van der Waals surface area contributed by atoms with Crippen LogP contribution in [0, 0.1) is 0 Å². The van der Waals surface area contributed by atoms with Gasteiger partial charge in [-0.2, -0.15) is 13.0 Å². The van der Waals surface area contributed by atoms with E-state index in [0.29, 0.717) is 83.7 Å². The summed E-state index contributed by atoms with van der Waals surface area (Å²) >= 11 is 0. The third-order valence-corrected chi connectivity index (χ3v) is 6.94. The first-order valence-electron chi connectivity index (χ1n) is 13.2. The van der Waals surface area contributed by atoms with Gasteiger partial charge in [-0.3, -0.25) is 4.55 Å². The Labute approximate surface area is 229 Å². The van der Waals surface area contributed by atoms with E-state index >= 15 is 0 Å². The van der Waals surface area contributed by atoms with Crippen molar-refractivity contribution in [2.24, 2.45) is 0 Å². The van der Waals surface area contributed by atoms with Crippen LogP contribution in [-0.2, 0) is 30.9 Å². The van der Waals surface area contributed by atoms with Crippen LogP contribution >= 0.6 is 0 Å². The molecule has 0 fully saturated rings. The molecule has 0 bridgehead atoms. The molecule has 10 heteroatoms. The highest BCUT2D eigenvalue weighted by atomic mass is 32.2. The predicted octanol–water partition coefficient (Wildman–Crippen LogP) is 3.79. The molecule has 1 aliphatic rings. The van der Waals surface area contributed by atoms with Crippen LogP contribution in [0.2, 0.25) is 0 Å². The minimum Gasteiger partial charge on any atom is -0.487 e. The van der Waals surface area contributed by atoms with Gasteiger partial charge in [0.05, 0.1) is 45.4 Å². The quantitative estimate of drug-likeness (QED) is 0.265. The minimum atomic E-state index is -3.97. The fraction of sp³-hybridized carbons (Fsp3) is 0.414. The van der Waals surface area contributed by atoms with Gasteiger partial charge in [-0.1, -0.05) is 18.2 Å². The van der Waals surface area contributed by atoms with Gasteiger partial charge in [0, 0.05) is 30.0 Å². The number of aromatic nitrogens is 1. The number of hydrogen-bond donors (Lipinski definition) is 1. The van der Waals surface area contributed by atoms with Gasteiger partial charge in [-0.05, 0) is 42.3 Å². The van der Waals surface area contributed by atoms with Crippen LogP contribution < -0.4 is 14.0 Å². The molecule has 2 aromatic carbocycles. The second-order valence-electron chi connectivity index (χ2n) is 9.04. The number of pyridine rings is 1. The molecule has 0 unspecified atom stereocenters. The molecule has 0 radical (unpaired) electrons. The summed E-state index contributed by atoms with van der Waals surface area (Å²) < 4.78 is 62.0. The fourth-order valence-corrected chi connectivity index (χ4v) is 4.80. The lowest BCUT2D eigenvalue weighted by Gasteiger charge is -2.13. The molecule has 210 valence electrons. The zero-order valence-corrected chi connectivity index (χ0v) is 22.8. The molecule has 0 atom stereocenters. The Morgan fingerprint density at radius 1 is 0.744 bits per heavy atom. The van der Waals surface area contributed by atoms with E-state index in [9.17, 15) is 8.42 Å². The van der Waals surface area contributed by atoms with Gasteiger partial charge in [0.1, 0.15) is 19.8 Å². The molecule has 0 spiro atoms.